The minimum Gasteiger partial charge on any atom is -0.464 e. The first kappa shape index (κ1) is 10.6. The van der Waals surface area contributed by atoms with Crippen molar-refractivity contribution >= 4 is 17.0 Å². The van der Waals surface area contributed by atoms with Crippen LogP contribution in [0.3, 0.4) is 0 Å². The topological polar surface area (TPSA) is 67.9 Å². The normalized spacial score (nSPS) is 10.6. The number of hydrogen-bond acceptors (Lipinski definition) is 4. The van der Waals surface area contributed by atoms with Gasteiger partial charge in [-0.15, -0.1) is 0 Å². The molecule has 2 aromatic heterocycles. The summed E-state index contributed by atoms with van der Waals surface area (Å²) in [6, 6.07) is 1.66. The van der Waals surface area contributed by atoms with E-state index in [1.165, 1.54) is 7.11 Å². The van der Waals surface area contributed by atoms with Gasteiger partial charge in [-0.3, -0.25) is 0 Å². The quantitative estimate of drug-likeness (QED) is 0.798. The highest BCUT2D eigenvalue weighted by Crippen LogP contribution is 2.16. The van der Waals surface area contributed by atoms with Crippen LogP contribution in [0.25, 0.3) is 11.0 Å². The Bertz CT molecular complexity index is 519. The Morgan fingerprint density at radius 3 is 3.06 bits per heavy atom. The van der Waals surface area contributed by atoms with E-state index in [-0.39, 0.29) is 0 Å². The van der Waals surface area contributed by atoms with Crippen molar-refractivity contribution in [3.05, 3.63) is 23.8 Å². The van der Waals surface area contributed by atoms with Gasteiger partial charge in [-0.25, -0.2) is 14.8 Å². The van der Waals surface area contributed by atoms with E-state index in [4.69, 9.17) is 0 Å². The standard InChI is InChI=1S/C11H13N3O2/c1-3-4-7-10-8(12-6-13-10)5-9(14-7)11(15)16-2/h5-6H,3-4H2,1-2H3,(H,12,13). The van der Waals surface area contributed by atoms with Crippen LogP contribution in [-0.2, 0) is 11.2 Å². The molecule has 1 N–H and O–H groups in total. The average Bonchev–Trinajstić information content (AvgIpc) is 2.76. The van der Waals surface area contributed by atoms with Crippen LogP contribution >= 0.6 is 0 Å². The lowest BCUT2D eigenvalue weighted by atomic mass is 10.2. The molecule has 0 aliphatic heterocycles. The maximum Gasteiger partial charge on any atom is 0.356 e. The number of carbonyl (C=O) groups excluding carboxylic acids is 1. The minimum absolute atomic E-state index is 0.322. The number of ether oxygens (including phenoxy) is 1. The third kappa shape index (κ3) is 1.76. The molecule has 5 heteroatoms. The molecule has 0 aliphatic carbocycles. The maximum atomic E-state index is 11.4. The Balaban J connectivity index is 2.56. The van der Waals surface area contributed by atoms with Gasteiger partial charge < -0.3 is 9.72 Å². The van der Waals surface area contributed by atoms with Crippen molar-refractivity contribution in [2.24, 2.45) is 0 Å². The maximum absolute atomic E-state index is 11.4. The first-order valence-electron chi connectivity index (χ1n) is 5.17. The Kier molecular flexibility index (Phi) is 2.85. The second kappa shape index (κ2) is 4.30. The number of aryl methyl sites for hydroxylation is 1. The fraction of sp³-hybridized carbons (Fsp3) is 0.364. The van der Waals surface area contributed by atoms with E-state index in [9.17, 15) is 4.79 Å². The van der Waals surface area contributed by atoms with Crippen LogP contribution in [0.4, 0.5) is 0 Å². The number of nitrogens with one attached hydrogen (secondary N) is 1. The number of hydrogen-bond donors (Lipinski definition) is 1. The van der Waals surface area contributed by atoms with Gasteiger partial charge in [-0.05, 0) is 12.5 Å². The molecule has 0 aromatic carbocycles. The number of rotatable bonds is 3. The molecule has 0 radical (unpaired) electrons. The molecule has 0 unspecified atom stereocenters. The van der Waals surface area contributed by atoms with Gasteiger partial charge in [0.1, 0.15) is 5.52 Å². The largest absolute Gasteiger partial charge is 0.464 e. The minimum atomic E-state index is -0.422. The van der Waals surface area contributed by atoms with Crippen molar-refractivity contribution in [3.8, 4) is 0 Å². The van der Waals surface area contributed by atoms with Crippen molar-refractivity contribution in [2.75, 3.05) is 7.11 Å². The molecular weight excluding hydrogens is 206 g/mol. The molecule has 0 amide bonds. The van der Waals surface area contributed by atoms with E-state index in [2.05, 4.69) is 26.6 Å². The lowest BCUT2D eigenvalue weighted by molar-refractivity contribution is 0.0594. The third-order valence-electron chi connectivity index (χ3n) is 2.36. The van der Waals surface area contributed by atoms with Crippen molar-refractivity contribution in [3.63, 3.8) is 0 Å². The molecule has 0 spiro atoms. The van der Waals surface area contributed by atoms with E-state index in [0.29, 0.717) is 5.69 Å². The molecule has 0 saturated heterocycles. The van der Waals surface area contributed by atoms with Gasteiger partial charge in [0.15, 0.2) is 5.69 Å². The van der Waals surface area contributed by atoms with Crippen LogP contribution in [0, 0.1) is 0 Å². The zero-order valence-corrected chi connectivity index (χ0v) is 9.28. The monoisotopic (exact) mass is 219 g/mol. The van der Waals surface area contributed by atoms with Crippen LogP contribution in [0.5, 0.6) is 0 Å². The summed E-state index contributed by atoms with van der Waals surface area (Å²) >= 11 is 0. The Morgan fingerprint density at radius 2 is 2.38 bits per heavy atom. The van der Waals surface area contributed by atoms with Crippen LogP contribution in [0.1, 0.15) is 29.5 Å². The summed E-state index contributed by atoms with van der Waals surface area (Å²) in [6.45, 7) is 2.06. The summed E-state index contributed by atoms with van der Waals surface area (Å²) in [5.74, 6) is -0.422. The van der Waals surface area contributed by atoms with Gasteiger partial charge in [-0.1, -0.05) is 13.3 Å². The van der Waals surface area contributed by atoms with E-state index in [1.807, 2.05) is 0 Å². The van der Waals surface area contributed by atoms with Crippen molar-refractivity contribution in [1.82, 2.24) is 15.0 Å². The number of aromatic nitrogens is 3. The molecular formula is C11H13N3O2. The number of nitrogens with zero attached hydrogens (tertiary/aromatic N) is 2. The third-order valence-corrected chi connectivity index (χ3v) is 2.36. The molecule has 2 rings (SSSR count). The fourth-order valence-corrected chi connectivity index (χ4v) is 1.63. The number of pyridine rings is 1. The van der Waals surface area contributed by atoms with Crippen LogP contribution in [0.2, 0.25) is 0 Å². The molecule has 16 heavy (non-hydrogen) atoms. The Hall–Kier alpha value is -1.91. The molecule has 0 aliphatic rings. The molecule has 0 saturated carbocycles. The van der Waals surface area contributed by atoms with Gasteiger partial charge in [-0.2, -0.15) is 0 Å². The highest BCUT2D eigenvalue weighted by atomic mass is 16.5. The van der Waals surface area contributed by atoms with Crippen molar-refractivity contribution in [1.29, 1.82) is 0 Å². The van der Waals surface area contributed by atoms with Crippen LogP contribution in [0.15, 0.2) is 12.4 Å². The summed E-state index contributed by atoms with van der Waals surface area (Å²) < 4.78 is 4.66. The molecule has 0 bridgehead atoms. The fourth-order valence-electron chi connectivity index (χ4n) is 1.63. The van der Waals surface area contributed by atoms with E-state index >= 15 is 0 Å². The number of methoxy groups -OCH3 is 1. The number of carbonyl (C=O) groups is 1. The van der Waals surface area contributed by atoms with Crippen LogP contribution < -0.4 is 0 Å². The first-order chi connectivity index (χ1) is 7.76. The van der Waals surface area contributed by atoms with Gasteiger partial charge in [0.05, 0.1) is 24.6 Å². The number of aromatic amines is 1. The Morgan fingerprint density at radius 1 is 1.56 bits per heavy atom. The summed E-state index contributed by atoms with van der Waals surface area (Å²) in [5.41, 5.74) is 2.80. The molecule has 0 fully saturated rings. The lowest BCUT2D eigenvalue weighted by Gasteiger charge is -2.03. The molecule has 5 nitrogen and oxygen atoms in total. The number of esters is 1. The zero-order valence-electron chi connectivity index (χ0n) is 9.28. The highest BCUT2D eigenvalue weighted by molar-refractivity contribution is 5.91. The molecule has 0 atom stereocenters. The van der Waals surface area contributed by atoms with E-state index in [1.54, 1.807) is 12.4 Å². The highest BCUT2D eigenvalue weighted by Gasteiger charge is 2.13. The molecule has 84 valence electrons. The number of imidazole rings is 1. The smallest absolute Gasteiger partial charge is 0.356 e. The Labute approximate surface area is 92.9 Å². The summed E-state index contributed by atoms with van der Waals surface area (Å²) in [7, 11) is 1.35. The number of H-pyrrole nitrogens is 1. The number of fused-ring (bicyclic) bond motifs is 1. The van der Waals surface area contributed by atoms with Gasteiger partial charge in [0.25, 0.3) is 0 Å². The zero-order chi connectivity index (χ0) is 11.5. The predicted octanol–water partition coefficient (Wildman–Crippen LogP) is 1.70. The van der Waals surface area contributed by atoms with Crippen LogP contribution in [-0.4, -0.2) is 28.0 Å². The van der Waals surface area contributed by atoms with Gasteiger partial charge in [0, 0.05) is 0 Å². The van der Waals surface area contributed by atoms with E-state index in [0.717, 1.165) is 29.6 Å². The SMILES string of the molecule is CCCc1nc(C(=O)OC)cc2[nH]cnc12. The summed E-state index contributed by atoms with van der Waals surface area (Å²) in [5, 5.41) is 0. The second-order valence-electron chi connectivity index (χ2n) is 3.49. The molecule has 2 heterocycles. The lowest BCUT2D eigenvalue weighted by Crippen LogP contribution is -2.06. The summed E-state index contributed by atoms with van der Waals surface area (Å²) in [6.07, 6.45) is 3.36. The van der Waals surface area contributed by atoms with Gasteiger partial charge in [0.2, 0.25) is 0 Å². The first-order valence-corrected chi connectivity index (χ1v) is 5.17. The predicted molar refractivity (Wildman–Crippen MR) is 59.2 cm³/mol. The molecule has 2 aromatic rings. The van der Waals surface area contributed by atoms with E-state index < -0.39 is 5.97 Å². The van der Waals surface area contributed by atoms with Gasteiger partial charge >= 0.3 is 5.97 Å². The summed E-state index contributed by atoms with van der Waals surface area (Å²) in [4.78, 5) is 22.9. The average molecular weight is 219 g/mol. The van der Waals surface area contributed by atoms with Crippen molar-refractivity contribution < 1.29 is 9.53 Å². The second-order valence-corrected chi connectivity index (χ2v) is 3.49. The van der Waals surface area contributed by atoms with Crippen molar-refractivity contribution in [2.45, 2.75) is 19.8 Å².